The van der Waals surface area contributed by atoms with Gasteiger partial charge in [-0.25, -0.2) is 17.6 Å². The topological polar surface area (TPSA) is 75.8 Å². The summed E-state index contributed by atoms with van der Waals surface area (Å²) in [6.07, 6.45) is 0. The van der Waals surface area contributed by atoms with Crippen LogP contribution in [-0.4, -0.2) is 48.4 Å². The predicted molar refractivity (Wildman–Crippen MR) is 97.2 cm³/mol. The van der Waals surface area contributed by atoms with Crippen LogP contribution >= 0.6 is 0 Å². The van der Waals surface area contributed by atoms with Crippen LogP contribution in [0.25, 0.3) is 11.1 Å². The smallest absolute Gasteiger partial charge is 0.408 e. The highest BCUT2D eigenvalue weighted by atomic mass is 32.2. The van der Waals surface area contributed by atoms with E-state index in [1.807, 2.05) is 11.0 Å². The number of halogens is 1. The molecule has 27 heavy (non-hydrogen) atoms. The molecule has 1 fully saturated rings. The summed E-state index contributed by atoms with van der Waals surface area (Å²) in [7, 11) is -3.88. The third-order valence-corrected chi connectivity index (χ3v) is 6.63. The predicted octanol–water partition coefficient (Wildman–Crippen LogP) is 1.70. The van der Waals surface area contributed by atoms with E-state index >= 15 is 0 Å². The summed E-state index contributed by atoms with van der Waals surface area (Å²) in [5.74, 6) is -1.20. The zero-order chi connectivity index (χ0) is 19.0. The third-order valence-electron chi connectivity index (χ3n) is 4.70. The molecule has 0 N–H and O–H groups in total. The highest BCUT2D eigenvalue weighted by molar-refractivity contribution is 7.89. The lowest BCUT2D eigenvalue weighted by Gasteiger charge is -2.33. The molecule has 0 atom stereocenters. The van der Waals surface area contributed by atoms with Crippen LogP contribution < -0.4 is 5.76 Å². The Morgan fingerprint density at radius 1 is 0.963 bits per heavy atom. The molecule has 1 aliphatic heterocycles. The minimum absolute atomic E-state index is 0.223. The SMILES string of the molecule is O=c1oc2ccccc2n1CN1CCN(S(=O)(=O)c2ccccc2F)CC1. The zero-order valence-corrected chi connectivity index (χ0v) is 15.2. The standard InChI is InChI=1S/C18H18FN3O4S/c19-14-5-1-4-8-17(14)27(24,25)21-11-9-20(10-12-21)13-22-15-6-2-3-7-16(15)26-18(22)23/h1-8H,9-13H2. The van der Waals surface area contributed by atoms with Gasteiger partial charge >= 0.3 is 5.76 Å². The molecule has 9 heteroatoms. The molecule has 0 spiro atoms. The lowest BCUT2D eigenvalue weighted by Crippen LogP contribution is -2.49. The number of hydrogen-bond donors (Lipinski definition) is 0. The highest BCUT2D eigenvalue weighted by Crippen LogP contribution is 2.21. The van der Waals surface area contributed by atoms with E-state index < -0.39 is 21.6 Å². The number of hydrogen-bond acceptors (Lipinski definition) is 5. The Morgan fingerprint density at radius 3 is 2.37 bits per heavy atom. The van der Waals surface area contributed by atoms with Crippen LogP contribution in [0.3, 0.4) is 0 Å². The van der Waals surface area contributed by atoms with E-state index in [2.05, 4.69) is 0 Å². The van der Waals surface area contributed by atoms with Crippen molar-refractivity contribution >= 4 is 21.1 Å². The monoisotopic (exact) mass is 391 g/mol. The molecule has 0 aliphatic carbocycles. The van der Waals surface area contributed by atoms with Gasteiger partial charge in [-0.2, -0.15) is 4.31 Å². The molecule has 0 saturated carbocycles. The maximum Gasteiger partial charge on any atom is 0.421 e. The Labute approximate surface area is 155 Å². The Balaban J connectivity index is 1.49. The molecule has 0 radical (unpaired) electrons. The molecular formula is C18H18FN3O4S. The van der Waals surface area contributed by atoms with E-state index in [9.17, 15) is 17.6 Å². The molecule has 1 aromatic heterocycles. The normalized spacial score (nSPS) is 16.8. The van der Waals surface area contributed by atoms with Crippen molar-refractivity contribution in [2.75, 3.05) is 26.2 Å². The number of aromatic nitrogens is 1. The van der Waals surface area contributed by atoms with Gasteiger partial charge in [-0.15, -0.1) is 0 Å². The lowest BCUT2D eigenvalue weighted by molar-refractivity contribution is 0.150. The first kappa shape index (κ1) is 17.9. The van der Waals surface area contributed by atoms with Crippen LogP contribution in [0.1, 0.15) is 0 Å². The third kappa shape index (κ3) is 3.29. The molecule has 0 bridgehead atoms. The Bertz CT molecular complexity index is 1130. The van der Waals surface area contributed by atoms with Crippen LogP contribution in [0.4, 0.5) is 4.39 Å². The number of rotatable bonds is 4. The molecule has 0 amide bonds. The van der Waals surface area contributed by atoms with Gasteiger partial charge in [0.1, 0.15) is 10.7 Å². The van der Waals surface area contributed by atoms with Gasteiger partial charge in [-0.3, -0.25) is 9.47 Å². The van der Waals surface area contributed by atoms with E-state index in [1.54, 1.807) is 18.2 Å². The van der Waals surface area contributed by atoms with Crippen molar-refractivity contribution in [3.8, 4) is 0 Å². The summed E-state index contributed by atoms with van der Waals surface area (Å²) < 4.78 is 47.2. The Hall–Kier alpha value is -2.49. The van der Waals surface area contributed by atoms with Gasteiger partial charge in [-0.1, -0.05) is 24.3 Å². The first-order valence-electron chi connectivity index (χ1n) is 8.52. The second kappa shape index (κ2) is 6.91. The number of para-hydroxylation sites is 2. The van der Waals surface area contributed by atoms with E-state index in [0.717, 1.165) is 6.07 Å². The number of nitrogens with zero attached hydrogens (tertiary/aromatic N) is 3. The van der Waals surface area contributed by atoms with Gasteiger partial charge in [0.05, 0.1) is 12.2 Å². The number of sulfonamides is 1. The molecule has 4 rings (SSSR count). The molecule has 1 saturated heterocycles. The second-order valence-corrected chi connectivity index (χ2v) is 8.26. The second-order valence-electron chi connectivity index (χ2n) is 6.36. The van der Waals surface area contributed by atoms with E-state index in [-0.39, 0.29) is 18.0 Å². The fraction of sp³-hybridized carbons (Fsp3) is 0.278. The van der Waals surface area contributed by atoms with Crippen molar-refractivity contribution in [2.24, 2.45) is 0 Å². The van der Waals surface area contributed by atoms with Crippen molar-refractivity contribution in [1.82, 2.24) is 13.8 Å². The van der Waals surface area contributed by atoms with Gasteiger partial charge in [-0.05, 0) is 24.3 Å². The molecule has 3 aromatic rings. The van der Waals surface area contributed by atoms with E-state index in [1.165, 1.54) is 27.1 Å². The van der Waals surface area contributed by atoms with Gasteiger partial charge in [0.2, 0.25) is 10.0 Å². The highest BCUT2D eigenvalue weighted by Gasteiger charge is 2.30. The number of benzene rings is 2. The number of piperazine rings is 1. The molecule has 7 nitrogen and oxygen atoms in total. The first-order chi connectivity index (χ1) is 13.0. The van der Waals surface area contributed by atoms with E-state index in [0.29, 0.717) is 30.9 Å². The van der Waals surface area contributed by atoms with E-state index in [4.69, 9.17) is 4.42 Å². The van der Waals surface area contributed by atoms with Gasteiger partial charge in [0, 0.05) is 26.2 Å². The maximum absolute atomic E-state index is 13.9. The molecule has 0 unspecified atom stereocenters. The van der Waals surface area contributed by atoms with Crippen LogP contribution in [0.15, 0.2) is 62.6 Å². The fourth-order valence-corrected chi connectivity index (χ4v) is 4.74. The fourth-order valence-electron chi connectivity index (χ4n) is 3.25. The molecule has 2 heterocycles. The van der Waals surface area contributed by atoms with Crippen LogP contribution in [0, 0.1) is 5.82 Å². The van der Waals surface area contributed by atoms with Gasteiger partial charge in [0.15, 0.2) is 5.58 Å². The minimum atomic E-state index is -3.88. The summed E-state index contributed by atoms with van der Waals surface area (Å²) in [6, 6.07) is 12.5. The Kier molecular flexibility index (Phi) is 4.58. The zero-order valence-electron chi connectivity index (χ0n) is 14.4. The quantitative estimate of drug-likeness (QED) is 0.677. The maximum atomic E-state index is 13.9. The molecule has 1 aliphatic rings. The van der Waals surface area contributed by atoms with Crippen molar-refractivity contribution < 1.29 is 17.2 Å². The first-order valence-corrected chi connectivity index (χ1v) is 9.96. The van der Waals surface area contributed by atoms with Crippen molar-refractivity contribution in [2.45, 2.75) is 11.6 Å². The van der Waals surface area contributed by atoms with Crippen molar-refractivity contribution in [3.05, 3.63) is 64.9 Å². The van der Waals surface area contributed by atoms with Crippen LogP contribution in [0.5, 0.6) is 0 Å². The van der Waals surface area contributed by atoms with Gasteiger partial charge < -0.3 is 4.42 Å². The number of fused-ring (bicyclic) bond motifs is 1. The van der Waals surface area contributed by atoms with Crippen molar-refractivity contribution in [1.29, 1.82) is 0 Å². The summed E-state index contributed by atoms with van der Waals surface area (Å²) >= 11 is 0. The summed E-state index contributed by atoms with van der Waals surface area (Å²) in [5.41, 5.74) is 1.21. The average molecular weight is 391 g/mol. The summed E-state index contributed by atoms with van der Waals surface area (Å²) in [6.45, 7) is 1.62. The number of oxazole rings is 1. The largest absolute Gasteiger partial charge is 0.421 e. The molecular weight excluding hydrogens is 373 g/mol. The summed E-state index contributed by atoms with van der Waals surface area (Å²) in [4.78, 5) is 13.7. The van der Waals surface area contributed by atoms with Crippen LogP contribution in [0.2, 0.25) is 0 Å². The van der Waals surface area contributed by atoms with Gasteiger partial charge in [0.25, 0.3) is 0 Å². The molecule has 2 aromatic carbocycles. The lowest BCUT2D eigenvalue weighted by atomic mass is 10.3. The van der Waals surface area contributed by atoms with Crippen LogP contribution in [-0.2, 0) is 16.7 Å². The Morgan fingerprint density at radius 2 is 1.63 bits per heavy atom. The average Bonchev–Trinajstić information content (AvgIpc) is 2.98. The summed E-state index contributed by atoms with van der Waals surface area (Å²) in [5, 5.41) is 0. The minimum Gasteiger partial charge on any atom is -0.408 e. The molecule has 142 valence electrons. The van der Waals surface area contributed by atoms with Crippen molar-refractivity contribution in [3.63, 3.8) is 0 Å².